The molecule has 1 fully saturated rings. The summed E-state index contributed by atoms with van der Waals surface area (Å²) in [5.74, 6) is 1.12. The summed E-state index contributed by atoms with van der Waals surface area (Å²) in [6.07, 6.45) is 1.98. The van der Waals surface area contributed by atoms with E-state index in [9.17, 15) is 0 Å². The predicted octanol–water partition coefficient (Wildman–Crippen LogP) is 2.58. The van der Waals surface area contributed by atoms with Gasteiger partial charge in [0.1, 0.15) is 5.82 Å². The van der Waals surface area contributed by atoms with Crippen molar-refractivity contribution in [2.75, 3.05) is 37.7 Å². The van der Waals surface area contributed by atoms with Crippen LogP contribution in [-0.4, -0.2) is 37.8 Å². The first-order valence-electron chi connectivity index (χ1n) is 8.12. The van der Waals surface area contributed by atoms with Gasteiger partial charge in [0, 0.05) is 18.5 Å². The van der Waals surface area contributed by atoms with Gasteiger partial charge in [-0.05, 0) is 62.1 Å². The average molecular weight is 299 g/mol. The molecule has 1 aliphatic rings. The summed E-state index contributed by atoms with van der Waals surface area (Å²) in [6.45, 7) is 8.40. The number of aryl methyl sites for hydroxylation is 3. The summed E-state index contributed by atoms with van der Waals surface area (Å²) in [4.78, 5) is 7.36. The second kappa shape index (κ2) is 6.63. The topological polar surface area (TPSA) is 51.4 Å². The van der Waals surface area contributed by atoms with Crippen molar-refractivity contribution in [3.8, 4) is 0 Å². The van der Waals surface area contributed by atoms with Crippen LogP contribution in [0, 0.1) is 13.8 Å². The minimum absolute atomic E-state index is 0.716. The van der Waals surface area contributed by atoms with Crippen LogP contribution in [0.25, 0.3) is 10.9 Å². The van der Waals surface area contributed by atoms with Gasteiger partial charge in [0.15, 0.2) is 0 Å². The van der Waals surface area contributed by atoms with Crippen molar-refractivity contribution in [1.29, 1.82) is 0 Å². The van der Waals surface area contributed by atoms with Crippen molar-refractivity contribution < 1.29 is 4.74 Å². The van der Waals surface area contributed by atoms with Crippen LogP contribution in [0.3, 0.4) is 0 Å². The molecule has 0 saturated carbocycles. The van der Waals surface area contributed by atoms with Crippen molar-refractivity contribution in [3.05, 3.63) is 34.9 Å². The highest BCUT2D eigenvalue weighted by atomic mass is 16.5. The van der Waals surface area contributed by atoms with E-state index in [4.69, 9.17) is 15.5 Å². The first-order chi connectivity index (χ1) is 10.7. The van der Waals surface area contributed by atoms with Gasteiger partial charge < -0.3 is 15.4 Å². The molecule has 4 nitrogen and oxygen atoms in total. The number of nitrogens with zero attached hydrogens (tertiary/aromatic N) is 2. The molecule has 0 bridgehead atoms. The minimum Gasteiger partial charge on any atom is -0.378 e. The number of hydrogen-bond donors (Lipinski definition) is 1. The maximum absolute atomic E-state index is 5.71. The van der Waals surface area contributed by atoms with E-state index in [0.717, 1.165) is 50.5 Å². The van der Waals surface area contributed by atoms with Crippen LogP contribution in [-0.2, 0) is 11.2 Å². The lowest BCUT2D eigenvalue weighted by Crippen LogP contribution is -2.37. The third-order valence-corrected chi connectivity index (χ3v) is 4.30. The zero-order chi connectivity index (χ0) is 15.5. The van der Waals surface area contributed by atoms with Crippen LogP contribution in [0.4, 0.5) is 5.82 Å². The van der Waals surface area contributed by atoms with E-state index in [0.29, 0.717) is 6.54 Å². The number of anilines is 1. The summed E-state index contributed by atoms with van der Waals surface area (Å²) in [7, 11) is 0. The number of pyridine rings is 1. The van der Waals surface area contributed by atoms with Gasteiger partial charge in [-0.15, -0.1) is 0 Å². The Morgan fingerprint density at radius 2 is 1.95 bits per heavy atom. The lowest BCUT2D eigenvalue weighted by atomic mass is 10.0. The molecule has 3 rings (SSSR count). The van der Waals surface area contributed by atoms with Crippen LogP contribution in [0.15, 0.2) is 18.2 Å². The van der Waals surface area contributed by atoms with E-state index in [1.54, 1.807) is 0 Å². The highest BCUT2D eigenvalue weighted by Gasteiger charge is 2.17. The Labute approximate surface area is 132 Å². The third kappa shape index (κ3) is 3.08. The van der Waals surface area contributed by atoms with E-state index >= 15 is 0 Å². The highest BCUT2D eigenvalue weighted by Crippen LogP contribution is 2.28. The Morgan fingerprint density at radius 3 is 2.68 bits per heavy atom. The fourth-order valence-corrected chi connectivity index (χ4v) is 3.19. The number of morpholine rings is 1. The monoisotopic (exact) mass is 299 g/mol. The maximum Gasteiger partial charge on any atom is 0.132 e. The number of aromatic nitrogens is 1. The molecular weight excluding hydrogens is 274 g/mol. The molecular formula is C18H25N3O. The quantitative estimate of drug-likeness (QED) is 0.943. The Bertz CT molecular complexity index is 663. The molecule has 2 aromatic rings. The number of benzene rings is 1. The molecule has 118 valence electrons. The Kier molecular flexibility index (Phi) is 4.60. The van der Waals surface area contributed by atoms with Gasteiger partial charge in [0.2, 0.25) is 0 Å². The van der Waals surface area contributed by atoms with Crippen molar-refractivity contribution in [2.24, 2.45) is 5.73 Å². The molecule has 2 N–H and O–H groups in total. The zero-order valence-corrected chi connectivity index (χ0v) is 13.6. The van der Waals surface area contributed by atoms with Gasteiger partial charge in [-0.25, -0.2) is 4.98 Å². The largest absolute Gasteiger partial charge is 0.378 e. The van der Waals surface area contributed by atoms with Crippen LogP contribution < -0.4 is 10.6 Å². The van der Waals surface area contributed by atoms with E-state index in [-0.39, 0.29) is 0 Å². The van der Waals surface area contributed by atoms with Crippen LogP contribution in [0.2, 0.25) is 0 Å². The van der Waals surface area contributed by atoms with Gasteiger partial charge in [-0.1, -0.05) is 6.07 Å². The molecule has 4 heteroatoms. The summed E-state index contributed by atoms with van der Waals surface area (Å²) in [5, 5.41) is 1.26. The minimum atomic E-state index is 0.716. The number of rotatable bonds is 4. The molecule has 1 aromatic carbocycles. The van der Waals surface area contributed by atoms with E-state index in [2.05, 4.69) is 36.9 Å². The molecule has 0 unspecified atom stereocenters. The van der Waals surface area contributed by atoms with Crippen LogP contribution >= 0.6 is 0 Å². The van der Waals surface area contributed by atoms with Gasteiger partial charge in [-0.3, -0.25) is 0 Å². The number of hydrogen-bond acceptors (Lipinski definition) is 4. The first kappa shape index (κ1) is 15.3. The lowest BCUT2D eigenvalue weighted by Gasteiger charge is -2.30. The molecule has 0 spiro atoms. The van der Waals surface area contributed by atoms with Crippen LogP contribution in [0.1, 0.15) is 23.1 Å². The third-order valence-electron chi connectivity index (χ3n) is 4.30. The second-order valence-corrected chi connectivity index (χ2v) is 6.11. The predicted molar refractivity (Wildman–Crippen MR) is 91.6 cm³/mol. The molecule has 22 heavy (non-hydrogen) atoms. The van der Waals surface area contributed by atoms with Crippen LogP contribution in [0.5, 0.6) is 0 Å². The molecule has 1 aromatic heterocycles. The molecule has 0 atom stereocenters. The second-order valence-electron chi connectivity index (χ2n) is 6.11. The smallest absolute Gasteiger partial charge is 0.132 e. The van der Waals surface area contributed by atoms with Crippen molar-refractivity contribution in [3.63, 3.8) is 0 Å². The molecule has 0 amide bonds. The summed E-state index contributed by atoms with van der Waals surface area (Å²) >= 11 is 0. The fraction of sp³-hybridized carbons (Fsp3) is 0.500. The normalized spacial score (nSPS) is 15.5. The van der Waals surface area contributed by atoms with E-state index < -0.39 is 0 Å². The number of fused-ring (bicyclic) bond motifs is 1. The summed E-state index contributed by atoms with van der Waals surface area (Å²) < 4.78 is 5.48. The first-order valence-corrected chi connectivity index (χ1v) is 8.12. The Balaban J connectivity index is 2.09. The fourth-order valence-electron chi connectivity index (χ4n) is 3.19. The molecule has 2 heterocycles. The van der Waals surface area contributed by atoms with Gasteiger partial charge in [0.25, 0.3) is 0 Å². The van der Waals surface area contributed by atoms with Crippen molar-refractivity contribution in [2.45, 2.75) is 26.7 Å². The van der Waals surface area contributed by atoms with E-state index in [1.165, 1.54) is 22.1 Å². The van der Waals surface area contributed by atoms with Gasteiger partial charge in [-0.2, -0.15) is 0 Å². The van der Waals surface area contributed by atoms with Gasteiger partial charge >= 0.3 is 0 Å². The van der Waals surface area contributed by atoms with E-state index in [1.807, 2.05) is 0 Å². The van der Waals surface area contributed by atoms with Gasteiger partial charge in [0.05, 0.1) is 18.7 Å². The standard InChI is InChI=1S/C18H25N3O/c1-13-10-14(2)16-12-15(4-3-5-19)18(20-17(16)11-13)21-6-8-22-9-7-21/h10-12H,3-9,19H2,1-2H3. The Hall–Kier alpha value is -1.65. The number of ether oxygens (including phenoxy) is 1. The summed E-state index contributed by atoms with van der Waals surface area (Å²) in [6, 6.07) is 6.72. The summed E-state index contributed by atoms with van der Waals surface area (Å²) in [5.41, 5.74) is 10.7. The lowest BCUT2D eigenvalue weighted by molar-refractivity contribution is 0.122. The SMILES string of the molecule is Cc1cc(C)c2cc(CCCN)c(N3CCOCC3)nc2c1. The Morgan fingerprint density at radius 1 is 1.18 bits per heavy atom. The average Bonchev–Trinajstić information content (AvgIpc) is 2.53. The highest BCUT2D eigenvalue weighted by molar-refractivity contribution is 5.85. The molecule has 1 saturated heterocycles. The van der Waals surface area contributed by atoms with Crippen molar-refractivity contribution in [1.82, 2.24) is 4.98 Å². The van der Waals surface area contributed by atoms with Crippen molar-refractivity contribution >= 4 is 16.7 Å². The molecule has 0 radical (unpaired) electrons. The number of nitrogens with two attached hydrogens (primary N) is 1. The zero-order valence-electron chi connectivity index (χ0n) is 13.6. The molecule has 1 aliphatic heterocycles. The molecule has 0 aliphatic carbocycles. The maximum atomic E-state index is 5.71.